The smallest absolute Gasteiger partial charge is 0.321 e. The van der Waals surface area contributed by atoms with Gasteiger partial charge >= 0.3 is 12.0 Å². The van der Waals surface area contributed by atoms with Gasteiger partial charge in [-0.25, -0.2) is 18.6 Å². The molecule has 2 heterocycles. The van der Waals surface area contributed by atoms with Gasteiger partial charge in [0, 0.05) is 93.9 Å². The summed E-state index contributed by atoms with van der Waals surface area (Å²) in [5.74, 6) is -7.26. The lowest BCUT2D eigenvalue weighted by Gasteiger charge is -2.40. The van der Waals surface area contributed by atoms with Crippen molar-refractivity contribution in [2.24, 2.45) is 28.5 Å². The molecule has 1 aliphatic heterocycles. The number of nitrogens with two attached hydrogens (primary N) is 3. The standard InChI is InChI=1S/C58H75F2N11O12S/c1-34(46(74)27-37(12-8-22-65-57(63)83)53(78)67-39-17-14-35(15-18-39)26-40(73)13-9-24-71-49(76)29-47(55(71)80)84-33-44(62)56(81)82)66-48(75)20-23-64-54(79)43(61)21-25-70(50(77)32-72)51(58(2,3)4)52-68-45(41-28-38(59)16-19-42(41)60)31-69(52)30-36-10-6-5-7-11-36/h5-7,10-11,14-19,28,31,34,37,43-44,47,51,72H,8-9,12-13,20-27,29-30,32-33,61-62H2,1-4H3,(H,64,79)(H,66,75)(H,67,78)(H,81,82)(H3,63,65,83)/t34-,37+,43-,44-,47?,51-/m0/s1. The number of hydrogen-bond donors (Lipinski definition) is 9. The van der Waals surface area contributed by atoms with Crippen LogP contribution in [0.4, 0.5) is 19.3 Å². The van der Waals surface area contributed by atoms with E-state index in [4.69, 9.17) is 27.3 Å². The average molecular weight is 1190 g/mol. The van der Waals surface area contributed by atoms with Crippen molar-refractivity contribution in [3.63, 3.8) is 0 Å². The summed E-state index contributed by atoms with van der Waals surface area (Å²) in [5.41, 5.74) is 18.1. The van der Waals surface area contributed by atoms with Crippen LogP contribution >= 0.6 is 11.8 Å². The molecule has 3 aromatic carbocycles. The molecule has 26 heteroatoms. The van der Waals surface area contributed by atoms with Crippen LogP contribution in [-0.2, 0) is 56.1 Å². The molecule has 1 aromatic heterocycles. The van der Waals surface area contributed by atoms with Gasteiger partial charge in [0.25, 0.3) is 0 Å². The number of imidazole rings is 1. The Kier molecular flexibility index (Phi) is 25.2. The van der Waals surface area contributed by atoms with Crippen LogP contribution in [0.2, 0.25) is 0 Å². The van der Waals surface area contributed by atoms with Gasteiger partial charge in [-0.1, -0.05) is 63.2 Å². The van der Waals surface area contributed by atoms with E-state index in [0.29, 0.717) is 17.1 Å². The Bertz CT molecular complexity index is 3000. The predicted octanol–water partition coefficient (Wildman–Crippen LogP) is 3.34. The van der Waals surface area contributed by atoms with E-state index in [0.717, 1.165) is 40.4 Å². The van der Waals surface area contributed by atoms with Crippen molar-refractivity contribution in [2.75, 3.05) is 43.9 Å². The number of amides is 8. The van der Waals surface area contributed by atoms with Crippen molar-refractivity contribution in [2.45, 2.75) is 121 Å². The molecule has 0 saturated carbocycles. The fourth-order valence-electron chi connectivity index (χ4n) is 9.41. The Morgan fingerprint density at radius 2 is 1.57 bits per heavy atom. The number of aliphatic hydroxyl groups excluding tert-OH is 1. The molecule has 0 spiro atoms. The number of carbonyl (C=O) groups excluding carboxylic acids is 9. The highest BCUT2D eigenvalue weighted by molar-refractivity contribution is 8.00. The molecule has 23 nitrogen and oxygen atoms in total. The molecule has 1 unspecified atom stereocenters. The summed E-state index contributed by atoms with van der Waals surface area (Å²) in [7, 11) is 0. The number of benzene rings is 3. The van der Waals surface area contributed by atoms with Crippen molar-refractivity contribution in [3.8, 4) is 11.3 Å². The van der Waals surface area contributed by atoms with Gasteiger partial charge in [-0.2, -0.15) is 0 Å². The molecule has 454 valence electrons. The van der Waals surface area contributed by atoms with Crippen LogP contribution in [0.1, 0.15) is 102 Å². The first-order chi connectivity index (χ1) is 39.7. The van der Waals surface area contributed by atoms with Crippen LogP contribution in [0.25, 0.3) is 11.3 Å². The highest BCUT2D eigenvalue weighted by Gasteiger charge is 2.40. The number of rotatable bonds is 33. The number of Topliss-reactive ketones (excluding diaryl/α,β-unsaturated/α-hetero) is 2. The number of nitrogens with one attached hydrogen (secondary N) is 4. The number of hydrogen-bond acceptors (Lipinski definition) is 15. The number of carboxylic acids is 1. The maximum atomic E-state index is 15.2. The molecule has 1 saturated heterocycles. The predicted molar refractivity (Wildman–Crippen MR) is 308 cm³/mol. The highest BCUT2D eigenvalue weighted by atomic mass is 32.2. The summed E-state index contributed by atoms with van der Waals surface area (Å²) in [6.07, 6.45) is 1.55. The summed E-state index contributed by atoms with van der Waals surface area (Å²) < 4.78 is 31.3. The third kappa shape index (κ3) is 20.2. The van der Waals surface area contributed by atoms with Crippen LogP contribution in [-0.4, -0.2) is 150 Å². The number of aliphatic hydroxyl groups is 1. The second-order valence-electron chi connectivity index (χ2n) is 21.6. The van der Waals surface area contributed by atoms with Crippen LogP contribution < -0.4 is 38.5 Å². The van der Waals surface area contributed by atoms with Crippen molar-refractivity contribution in [3.05, 3.63) is 108 Å². The minimum absolute atomic E-state index is 0.0301. The topological polar surface area (TPSA) is 362 Å². The van der Waals surface area contributed by atoms with Crippen molar-refractivity contribution in [1.29, 1.82) is 0 Å². The summed E-state index contributed by atoms with van der Waals surface area (Å²) in [5, 5.41) is 28.9. The Morgan fingerprint density at radius 3 is 2.23 bits per heavy atom. The van der Waals surface area contributed by atoms with Crippen molar-refractivity contribution in [1.82, 2.24) is 35.3 Å². The second kappa shape index (κ2) is 31.6. The number of aliphatic carboxylic acids is 1. The molecule has 0 aliphatic carbocycles. The van der Waals surface area contributed by atoms with E-state index in [2.05, 4.69) is 21.3 Å². The number of imide groups is 1. The quantitative estimate of drug-likeness (QED) is 0.0244. The highest BCUT2D eigenvalue weighted by Crippen LogP contribution is 2.40. The SMILES string of the molecule is C[C@H](NC(=O)CCNC(=O)[C@@H](N)CCN(C(=O)CO)[C@@H](c1nc(-c2cc(F)ccc2F)cn1Cc1ccccc1)C(C)(C)C)C(=O)C[C@@H](CCCNC(N)=O)C(=O)Nc1ccc(CC(=O)CCCN2C(=O)CC(SC[C@H](N)C(=O)O)C2=O)cc1. The number of primary amides is 1. The normalized spacial score (nSPS) is 15.1. The fourth-order valence-corrected chi connectivity index (χ4v) is 10.5. The maximum Gasteiger partial charge on any atom is 0.321 e. The average Bonchev–Trinajstić information content (AvgIpc) is 3.71. The summed E-state index contributed by atoms with van der Waals surface area (Å²) in [6, 6.07) is 13.6. The molecule has 0 radical (unpaired) electrons. The molecule has 0 bridgehead atoms. The minimum Gasteiger partial charge on any atom is -0.480 e. The molecule has 84 heavy (non-hydrogen) atoms. The summed E-state index contributed by atoms with van der Waals surface area (Å²) >= 11 is 1.01. The number of carboxylic acid groups (broad SMARTS) is 1. The van der Waals surface area contributed by atoms with E-state index in [1.807, 2.05) is 51.1 Å². The number of nitrogens with zero attached hydrogens (tertiary/aromatic N) is 4. The number of halogens is 2. The lowest BCUT2D eigenvalue weighted by Crippen LogP contribution is -2.48. The number of urea groups is 1. The zero-order valence-electron chi connectivity index (χ0n) is 47.4. The van der Waals surface area contributed by atoms with Crippen LogP contribution in [0.15, 0.2) is 79.0 Å². The first-order valence-corrected chi connectivity index (χ1v) is 28.5. The van der Waals surface area contributed by atoms with Gasteiger partial charge in [0.05, 0.1) is 29.1 Å². The number of ketones is 2. The molecule has 1 aliphatic rings. The molecule has 6 atom stereocenters. The van der Waals surface area contributed by atoms with Gasteiger partial charge in [0.2, 0.25) is 35.4 Å². The molecular formula is C58H75F2N11O12S. The zero-order chi connectivity index (χ0) is 61.8. The molecule has 4 aromatic rings. The Morgan fingerprint density at radius 1 is 0.869 bits per heavy atom. The van der Waals surface area contributed by atoms with E-state index in [1.54, 1.807) is 35.0 Å². The maximum absolute atomic E-state index is 15.2. The van der Waals surface area contributed by atoms with Crippen molar-refractivity contribution < 1.29 is 66.9 Å². The van der Waals surface area contributed by atoms with Gasteiger partial charge in [-0.05, 0) is 79.5 Å². The third-order valence-corrected chi connectivity index (χ3v) is 15.2. The number of carbonyl (C=O) groups is 10. The van der Waals surface area contributed by atoms with Crippen LogP contribution in [0.3, 0.4) is 0 Å². The molecule has 8 amide bonds. The molecular weight excluding hydrogens is 1110 g/mol. The fraction of sp³-hybridized carbons (Fsp3) is 0.466. The Labute approximate surface area is 489 Å². The van der Waals surface area contributed by atoms with E-state index >= 15 is 4.39 Å². The number of aromatic nitrogens is 2. The van der Waals surface area contributed by atoms with E-state index in [9.17, 15) is 57.4 Å². The van der Waals surface area contributed by atoms with E-state index in [1.165, 1.54) is 11.8 Å². The first kappa shape index (κ1) is 66.9. The molecule has 12 N–H and O–H groups in total. The first-order valence-electron chi connectivity index (χ1n) is 27.5. The minimum atomic E-state index is -1.21. The third-order valence-electron chi connectivity index (χ3n) is 13.9. The summed E-state index contributed by atoms with van der Waals surface area (Å²) in [6.45, 7) is 6.12. The molecule has 1 fully saturated rings. The van der Waals surface area contributed by atoms with Gasteiger partial charge in [-0.15, -0.1) is 11.8 Å². The van der Waals surface area contributed by atoms with Crippen LogP contribution in [0, 0.1) is 23.0 Å². The largest absolute Gasteiger partial charge is 0.480 e. The Balaban J connectivity index is 1.12. The number of thioether (sulfide) groups is 1. The van der Waals surface area contributed by atoms with Gasteiger partial charge < -0.3 is 58.1 Å². The van der Waals surface area contributed by atoms with Gasteiger partial charge in [-0.3, -0.25) is 48.1 Å². The molecule has 5 rings (SSSR count). The van der Waals surface area contributed by atoms with Crippen molar-refractivity contribution >= 4 is 76.5 Å². The van der Waals surface area contributed by atoms with Gasteiger partial charge in [0.15, 0.2) is 5.78 Å². The summed E-state index contributed by atoms with van der Waals surface area (Å²) in [4.78, 5) is 135. The number of likely N-dealkylation sites (tertiary alicyclic amines) is 1. The zero-order valence-corrected chi connectivity index (χ0v) is 48.3. The van der Waals surface area contributed by atoms with E-state index < -0.39 is 112 Å². The monoisotopic (exact) mass is 1190 g/mol. The second-order valence-corrected chi connectivity index (χ2v) is 22.9. The van der Waals surface area contributed by atoms with Crippen LogP contribution in [0.5, 0.6) is 0 Å². The number of anilines is 1. The van der Waals surface area contributed by atoms with E-state index in [-0.39, 0.29) is 113 Å². The lowest BCUT2D eigenvalue weighted by atomic mass is 9.84. The van der Waals surface area contributed by atoms with Gasteiger partial charge in [0.1, 0.15) is 35.9 Å². The lowest BCUT2D eigenvalue weighted by molar-refractivity contribution is -0.140. The Hall–Kier alpha value is -7.94.